The van der Waals surface area contributed by atoms with E-state index < -0.39 is 6.10 Å². The van der Waals surface area contributed by atoms with Gasteiger partial charge in [-0.3, -0.25) is 4.79 Å². The van der Waals surface area contributed by atoms with Gasteiger partial charge in [-0.25, -0.2) is 9.50 Å². The lowest BCUT2D eigenvalue weighted by molar-refractivity contribution is -0.117. The van der Waals surface area contributed by atoms with Crippen molar-refractivity contribution >= 4 is 23.3 Å². The predicted molar refractivity (Wildman–Crippen MR) is 82.7 cm³/mol. The summed E-state index contributed by atoms with van der Waals surface area (Å²) in [6.07, 6.45) is 4.82. The van der Waals surface area contributed by atoms with E-state index in [-0.39, 0.29) is 12.5 Å². The maximum Gasteiger partial charge on any atom is 0.247 e. The number of rotatable bonds is 6. The van der Waals surface area contributed by atoms with E-state index in [1.165, 1.54) is 11.8 Å². The van der Waals surface area contributed by atoms with Crippen LogP contribution in [0.4, 0.5) is 0 Å². The van der Waals surface area contributed by atoms with Crippen LogP contribution in [-0.4, -0.2) is 38.3 Å². The lowest BCUT2D eigenvalue weighted by atomic mass is 10.3. The molecule has 0 spiro atoms. The Morgan fingerprint density at radius 3 is 3.19 bits per heavy atom. The minimum absolute atomic E-state index is 0.165. The largest absolute Gasteiger partial charge is 0.392 e. The molecule has 0 aliphatic carbocycles. The summed E-state index contributed by atoms with van der Waals surface area (Å²) in [4.78, 5) is 16.0. The first-order valence-corrected chi connectivity index (χ1v) is 7.64. The lowest BCUT2D eigenvalue weighted by Crippen LogP contribution is -2.30. The van der Waals surface area contributed by atoms with Gasteiger partial charge in [0.15, 0.2) is 5.65 Å². The summed E-state index contributed by atoms with van der Waals surface area (Å²) >= 11 is 1.52. The van der Waals surface area contributed by atoms with Gasteiger partial charge in [0.05, 0.1) is 12.3 Å². The molecule has 2 rings (SSSR count). The van der Waals surface area contributed by atoms with Crippen LogP contribution in [0.2, 0.25) is 0 Å². The van der Waals surface area contributed by atoms with Crippen molar-refractivity contribution in [2.45, 2.75) is 25.7 Å². The number of carbonyl (C=O) groups excluding carboxylic acids is 1. The molecule has 0 aliphatic rings. The molecule has 112 valence electrons. The average Bonchev–Trinajstić information content (AvgIpc) is 2.88. The van der Waals surface area contributed by atoms with Crippen LogP contribution in [0.3, 0.4) is 0 Å². The van der Waals surface area contributed by atoms with Gasteiger partial charge in [0.1, 0.15) is 0 Å². The van der Waals surface area contributed by atoms with Gasteiger partial charge in [0.2, 0.25) is 5.91 Å². The van der Waals surface area contributed by atoms with Gasteiger partial charge in [-0.15, -0.1) is 11.8 Å². The molecule has 2 N–H and O–H groups in total. The third-order valence-electron chi connectivity index (χ3n) is 2.77. The molecular weight excluding hydrogens is 288 g/mol. The standard InChI is InChI=1S/C14H18N4O2S/c1-10(14(20)16-6-11(2)19)8-21-9-12-7-17-18-5-3-4-15-13(12)18/h3-5,7-8,11,19H,6,9H2,1-2H3,(H,16,20)/b10-8+. The van der Waals surface area contributed by atoms with Gasteiger partial charge < -0.3 is 10.4 Å². The molecular formula is C14H18N4O2S. The Balaban J connectivity index is 1.91. The van der Waals surface area contributed by atoms with Crippen molar-refractivity contribution in [3.63, 3.8) is 0 Å². The number of fused-ring (bicyclic) bond motifs is 1. The zero-order chi connectivity index (χ0) is 15.2. The van der Waals surface area contributed by atoms with Crippen molar-refractivity contribution in [3.05, 3.63) is 41.2 Å². The Morgan fingerprint density at radius 2 is 2.43 bits per heavy atom. The third kappa shape index (κ3) is 4.30. The SMILES string of the molecule is C/C(=C\SCc1cnn2cccnc12)C(=O)NCC(C)O. The topological polar surface area (TPSA) is 79.5 Å². The minimum atomic E-state index is -0.542. The lowest BCUT2D eigenvalue weighted by Gasteiger charge is -2.06. The highest BCUT2D eigenvalue weighted by atomic mass is 32.2. The van der Waals surface area contributed by atoms with Crippen LogP contribution in [0, 0.1) is 0 Å². The molecule has 21 heavy (non-hydrogen) atoms. The van der Waals surface area contributed by atoms with Gasteiger partial charge in [-0.2, -0.15) is 5.10 Å². The van der Waals surface area contributed by atoms with Crippen LogP contribution in [-0.2, 0) is 10.5 Å². The van der Waals surface area contributed by atoms with Gasteiger partial charge in [0.25, 0.3) is 0 Å². The maximum absolute atomic E-state index is 11.7. The quantitative estimate of drug-likeness (QED) is 0.788. The molecule has 0 radical (unpaired) electrons. The van der Waals surface area contributed by atoms with Crippen LogP contribution in [0.5, 0.6) is 0 Å². The zero-order valence-electron chi connectivity index (χ0n) is 12.0. The number of aliphatic hydroxyl groups excluding tert-OH is 1. The summed E-state index contributed by atoms with van der Waals surface area (Å²) in [6, 6.07) is 1.83. The molecule has 2 aromatic heterocycles. The first-order chi connectivity index (χ1) is 10.1. The maximum atomic E-state index is 11.7. The molecule has 7 heteroatoms. The number of nitrogens with zero attached hydrogens (tertiary/aromatic N) is 3. The summed E-state index contributed by atoms with van der Waals surface area (Å²) in [5, 5.41) is 17.8. The monoisotopic (exact) mass is 306 g/mol. The molecule has 1 atom stereocenters. The first kappa shape index (κ1) is 15.5. The number of nitrogens with one attached hydrogen (secondary N) is 1. The molecule has 1 amide bonds. The Morgan fingerprint density at radius 1 is 1.62 bits per heavy atom. The fourth-order valence-corrected chi connectivity index (χ4v) is 2.49. The van der Waals surface area contributed by atoms with E-state index in [9.17, 15) is 4.79 Å². The van der Waals surface area contributed by atoms with Crippen LogP contribution < -0.4 is 5.32 Å². The summed E-state index contributed by atoms with van der Waals surface area (Å²) in [6.45, 7) is 3.64. The highest BCUT2D eigenvalue weighted by Crippen LogP contribution is 2.18. The van der Waals surface area contributed by atoms with Crippen molar-refractivity contribution < 1.29 is 9.90 Å². The minimum Gasteiger partial charge on any atom is -0.392 e. The Hall–Kier alpha value is -1.86. The molecule has 0 aromatic carbocycles. The fourth-order valence-electron chi connectivity index (χ4n) is 1.67. The van der Waals surface area contributed by atoms with Crippen molar-refractivity contribution in [1.29, 1.82) is 0 Å². The van der Waals surface area contributed by atoms with Gasteiger partial charge in [0, 0.05) is 35.8 Å². The summed E-state index contributed by atoms with van der Waals surface area (Å²) in [7, 11) is 0. The zero-order valence-corrected chi connectivity index (χ0v) is 12.8. The number of aliphatic hydroxyl groups is 1. The van der Waals surface area contributed by atoms with Crippen LogP contribution in [0.15, 0.2) is 35.6 Å². The Labute approximate surface area is 127 Å². The van der Waals surface area contributed by atoms with E-state index in [0.29, 0.717) is 11.3 Å². The average molecular weight is 306 g/mol. The number of carbonyl (C=O) groups is 1. The predicted octanol–water partition coefficient (Wildman–Crippen LogP) is 1.36. The van der Waals surface area contributed by atoms with E-state index in [2.05, 4.69) is 15.4 Å². The first-order valence-electron chi connectivity index (χ1n) is 6.60. The Bertz CT molecular complexity index is 651. The second-order valence-corrected chi connectivity index (χ2v) is 5.59. The van der Waals surface area contributed by atoms with E-state index in [4.69, 9.17) is 5.11 Å². The van der Waals surface area contributed by atoms with Crippen LogP contribution in [0.1, 0.15) is 19.4 Å². The molecule has 0 saturated heterocycles. The highest BCUT2D eigenvalue weighted by Gasteiger charge is 2.07. The van der Waals surface area contributed by atoms with Gasteiger partial charge in [-0.1, -0.05) is 0 Å². The molecule has 2 aromatic rings. The van der Waals surface area contributed by atoms with Gasteiger partial charge in [-0.05, 0) is 25.3 Å². The Kier molecular flexibility index (Phi) is 5.35. The van der Waals surface area contributed by atoms with Crippen molar-refractivity contribution in [2.75, 3.05) is 6.54 Å². The van der Waals surface area contributed by atoms with E-state index >= 15 is 0 Å². The van der Waals surface area contributed by atoms with Crippen molar-refractivity contribution in [2.24, 2.45) is 0 Å². The smallest absolute Gasteiger partial charge is 0.247 e. The second-order valence-electron chi connectivity index (χ2n) is 4.73. The van der Waals surface area contributed by atoms with Crippen molar-refractivity contribution in [3.8, 4) is 0 Å². The second kappa shape index (κ2) is 7.24. The molecule has 6 nitrogen and oxygen atoms in total. The molecule has 2 heterocycles. The molecule has 0 fully saturated rings. The van der Waals surface area contributed by atoms with Crippen molar-refractivity contribution in [1.82, 2.24) is 19.9 Å². The molecule has 0 aliphatic heterocycles. The number of hydrogen-bond donors (Lipinski definition) is 2. The summed E-state index contributed by atoms with van der Waals surface area (Å²) in [5.74, 6) is 0.531. The van der Waals surface area contributed by atoms with Gasteiger partial charge >= 0.3 is 0 Å². The van der Waals surface area contributed by atoms with E-state index in [1.54, 1.807) is 30.8 Å². The number of amides is 1. The van der Waals surface area contributed by atoms with E-state index in [1.807, 2.05) is 17.7 Å². The van der Waals surface area contributed by atoms with E-state index in [0.717, 1.165) is 11.2 Å². The number of hydrogen-bond acceptors (Lipinski definition) is 5. The third-order valence-corrected chi connectivity index (χ3v) is 3.77. The normalized spacial score (nSPS) is 13.4. The molecule has 1 unspecified atom stereocenters. The fraction of sp³-hybridized carbons (Fsp3) is 0.357. The highest BCUT2D eigenvalue weighted by molar-refractivity contribution is 8.01. The number of aromatic nitrogens is 3. The summed E-state index contributed by atoms with van der Waals surface area (Å²) in [5.41, 5.74) is 2.47. The molecule has 0 bridgehead atoms. The van der Waals surface area contributed by atoms with Crippen LogP contribution >= 0.6 is 11.8 Å². The molecule has 0 saturated carbocycles. The van der Waals surface area contributed by atoms with Crippen LogP contribution in [0.25, 0.3) is 5.65 Å². The summed E-state index contributed by atoms with van der Waals surface area (Å²) < 4.78 is 1.72. The number of thioether (sulfide) groups is 1.